The van der Waals surface area contributed by atoms with E-state index >= 15 is 0 Å². The summed E-state index contributed by atoms with van der Waals surface area (Å²) in [6.07, 6.45) is 4.61. The fraction of sp³-hybridized carbons (Fsp3) is 0.941. The van der Waals surface area contributed by atoms with E-state index in [4.69, 9.17) is 0 Å². The first-order chi connectivity index (χ1) is 8.16. The maximum Gasteiger partial charge on any atom is 0.137 e. The summed E-state index contributed by atoms with van der Waals surface area (Å²) >= 11 is 0. The fourth-order valence-electron chi connectivity index (χ4n) is 4.63. The molecule has 104 valence electrons. The molecule has 1 unspecified atom stereocenters. The molecule has 2 aliphatic carbocycles. The minimum absolute atomic E-state index is 0.255. The quantitative estimate of drug-likeness (QED) is 0.609. The first kappa shape index (κ1) is 14.1. The molecule has 0 N–H and O–H groups in total. The van der Waals surface area contributed by atoms with Crippen LogP contribution in [0.1, 0.15) is 67.2 Å². The molecular formula is C17H30O. The second kappa shape index (κ2) is 4.35. The second-order valence-corrected chi connectivity index (χ2v) is 8.38. The molecule has 0 spiro atoms. The molecular weight excluding hydrogens is 220 g/mol. The Morgan fingerprint density at radius 1 is 1.17 bits per heavy atom. The summed E-state index contributed by atoms with van der Waals surface area (Å²) in [6.45, 7) is 14.1. The predicted octanol–water partition coefficient (Wildman–Crippen LogP) is 4.70. The number of carbonyl (C=O) groups excluding carboxylic acids is 1. The van der Waals surface area contributed by atoms with Crippen molar-refractivity contribution in [3.63, 3.8) is 0 Å². The average molecular weight is 250 g/mol. The molecule has 0 heterocycles. The van der Waals surface area contributed by atoms with Gasteiger partial charge < -0.3 is 0 Å². The van der Waals surface area contributed by atoms with Crippen LogP contribution in [0.4, 0.5) is 0 Å². The Bertz CT molecular complexity index is 338. The van der Waals surface area contributed by atoms with E-state index in [1.165, 1.54) is 19.3 Å². The molecule has 0 aliphatic heterocycles. The Hall–Kier alpha value is -0.330. The molecule has 2 fully saturated rings. The lowest BCUT2D eigenvalue weighted by molar-refractivity contribution is -0.123. The first-order valence-electron chi connectivity index (χ1n) is 7.69. The van der Waals surface area contributed by atoms with E-state index in [1.807, 2.05) is 0 Å². The van der Waals surface area contributed by atoms with Crippen LogP contribution in [0.5, 0.6) is 0 Å². The minimum atomic E-state index is 0.255. The van der Waals surface area contributed by atoms with Crippen molar-refractivity contribution in [3.05, 3.63) is 0 Å². The van der Waals surface area contributed by atoms with Gasteiger partial charge in [0, 0.05) is 12.3 Å². The van der Waals surface area contributed by atoms with Gasteiger partial charge in [-0.1, -0.05) is 41.5 Å². The molecule has 2 aliphatic rings. The van der Waals surface area contributed by atoms with Crippen molar-refractivity contribution in [1.82, 2.24) is 0 Å². The van der Waals surface area contributed by atoms with E-state index in [9.17, 15) is 4.79 Å². The molecule has 2 saturated carbocycles. The van der Waals surface area contributed by atoms with Crippen LogP contribution in [0.25, 0.3) is 0 Å². The summed E-state index contributed by atoms with van der Waals surface area (Å²) in [5.41, 5.74) is 0.633. The molecule has 1 heteroatoms. The molecule has 18 heavy (non-hydrogen) atoms. The van der Waals surface area contributed by atoms with Crippen LogP contribution in [0.2, 0.25) is 0 Å². The number of hydrogen-bond donors (Lipinski definition) is 0. The molecule has 1 nitrogen and oxygen atoms in total. The minimum Gasteiger partial charge on any atom is -0.299 e. The highest BCUT2D eigenvalue weighted by Crippen LogP contribution is 2.57. The van der Waals surface area contributed by atoms with Gasteiger partial charge in [0.15, 0.2) is 0 Å². The smallest absolute Gasteiger partial charge is 0.137 e. The van der Waals surface area contributed by atoms with E-state index in [2.05, 4.69) is 41.5 Å². The van der Waals surface area contributed by atoms with Gasteiger partial charge in [0.1, 0.15) is 5.78 Å². The van der Waals surface area contributed by atoms with Gasteiger partial charge in [-0.05, 0) is 47.8 Å². The van der Waals surface area contributed by atoms with Crippen molar-refractivity contribution in [2.45, 2.75) is 67.2 Å². The third-order valence-corrected chi connectivity index (χ3v) is 6.14. The van der Waals surface area contributed by atoms with Crippen LogP contribution >= 0.6 is 0 Å². The molecule has 0 saturated heterocycles. The van der Waals surface area contributed by atoms with Gasteiger partial charge in [-0.25, -0.2) is 0 Å². The highest BCUT2D eigenvalue weighted by atomic mass is 16.1. The van der Waals surface area contributed by atoms with Gasteiger partial charge >= 0.3 is 0 Å². The molecule has 2 rings (SSSR count). The maximum absolute atomic E-state index is 12.3. The van der Waals surface area contributed by atoms with Crippen LogP contribution in [-0.2, 0) is 4.79 Å². The molecule has 0 aromatic carbocycles. The normalized spacial score (nSPS) is 45.8. The van der Waals surface area contributed by atoms with Gasteiger partial charge in [0.25, 0.3) is 0 Å². The average Bonchev–Trinajstić information content (AvgIpc) is 2.36. The van der Waals surface area contributed by atoms with Crippen molar-refractivity contribution in [2.75, 3.05) is 0 Å². The molecule has 0 radical (unpaired) electrons. The van der Waals surface area contributed by atoms with Gasteiger partial charge in [0.2, 0.25) is 0 Å². The summed E-state index contributed by atoms with van der Waals surface area (Å²) in [6, 6.07) is 0. The number of fused-ring (bicyclic) bond motifs is 1. The van der Waals surface area contributed by atoms with E-state index in [-0.39, 0.29) is 5.41 Å². The highest BCUT2D eigenvalue weighted by molar-refractivity contribution is 5.85. The lowest BCUT2D eigenvalue weighted by Crippen LogP contribution is -2.35. The van der Waals surface area contributed by atoms with Gasteiger partial charge in [-0.3, -0.25) is 4.79 Å². The molecule has 0 bridgehead atoms. The number of Topliss-reactive ketones (excluding diaryl/α,β-unsaturated/α-hetero) is 1. The fourth-order valence-corrected chi connectivity index (χ4v) is 4.63. The Morgan fingerprint density at radius 2 is 1.78 bits per heavy atom. The predicted molar refractivity (Wildman–Crippen MR) is 76.3 cm³/mol. The van der Waals surface area contributed by atoms with Crippen molar-refractivity contribution in [3.8, 4) is 0 Å². The maximum atomic E-state index is 12.3. The van der Waals surface area contributed by atoms with Crippen molar-refractivity contribution in [2.24, 2.45) is 34.5 Å². The number of hydrogen-bond acceptors (Lipinski definition) is 1. The Balaban J connectivity index is 2.34. The van der Waals surface area contributed by atoms with Crippen molar-refractivity contribution < 1.29 is 4.79 Å². The SMILES string of the molecule is C[C@H]1CC[C@@H](C(C)(C)C)C[C@]2(C)C1C(=O)C[C@@H]2C. The van der Waals surface area contributed by atoms with E-state index in [0.717, 1.165) is 12.3 Å². The Morgan fingerprint density at radius 3 is 2.33 bits per heavy atom. The lowest BCUT2D eigenvalue weighted by atomic mass is 9.64. The standard InChI is InChI=1S/C17H30O/c1-11-7-8-13(16(3,4)5)10-17(6)12(2)9-14(18)15(11)17/h11-13,15H,7-10H2,1-6H3/t11-,12-,13+,15?,17-/m0/s1. The van der Waals surface area contributed by atoms with Crippen LogP contribution in [0.15, 0.2) is 0 Å². The summed E-state index contributed by atoms with van der Waals surface area (Å²) < 4.78 is 0. The van der Waals surface area contributed by atoms with Gasteiger partial charge in [0.05, 0.1) is 0 Å². The van der Waals surface area contributed by atoms with Crippen LogP contribution in [0.3, 0.4) is 0 Å². The van der Waals surface area contributed by atoms with Crippen LogP contribution < -0.4 is 0 Å². The van der Waals surface area contributed by atoms with Crippen molar-refractivity contribution in [1.29, 1.82) is 0 Å². The summed E-state index contributed by atoms with van der Waals surface area (Å²) in [5.74, 6) is 2.80. The molecule has 5 atom stereocenters. The largest absolute Gasteiger partial charge is 0.299 e. The van der Waals surface area contributed by atoms with Crippen molar-refractivity contribution >= 4 is 5.78 Å². The molecule has 0 aromatic heterocycles. The monoisotopic (exact) mass is 250 g/mol. The highest BCUT2D eigenvalue weighted by Gasteiger charge is 2.54. The van der Waals surface area contributed by atoms with E-state index in [0.29, 0.717) is 29.0 Å². The third kappa shape index (κ3) is 2.14. The van der Waals surface area contributed by atoms with Gasteiger partial charge in [-0.15, -0.1) is 0 Å². The van der Waals surface area contributed by atoms with E-state index in [1.54, 1.807) is 0 Å². The number of rotatable bonds is 0. The number of carbonyl (C=O) groups is 1. The lowest BCUT2D eigenvalue weighted by Gasteiger charge is -2.40. The summed E-state index contributed by atoms with van der Waals surface area (Å²) in [7, 11) is 0. The zero-order valence-electron chi connectivity index (χ0n) is 13.0. The zero-order valence-corrected chi connectivity index (χ0v) is 13.0. The first-order valence-corrected chi connectivity index (χ1v) is 7.69. The van der Waals surface area contributed by atoms with Crippen LogP contribution in [0, 0.1) is 34.5 Å². The number of ketones is 1. The molecule has 0 amide bonds. The topological polar surface area (TPSA) is 17.1 Å². The Kier molecular flexibility index (Phi) is 3.41. The summed E-state index contributed by atoms with van der Waals surface area (Å²) in [4.78, 5) is 12.3. The Labute approximate surface area is 113 Å². The van der Waals surface area contributed by atoms with E-state index < -0.39 is 0 Å². The zero-order chi connectivity index (χ0) is 13.7. The van der Waals surface area contributed by atoms with Gasteiger partial charge in [-0.2, -0.15) is 0 Å². The second-order valence-electron chi connectivity index (χ2n) is 8.38. The molecule has 0 aromatic rings. The third-order valence-electron chi connectivity index (χ3n) is 6.14. The van der Waals surface area contributed by atoms with Crippen LogP contribution in [-0.4, -0.2) is 5.78 Å². The summed E-state index contributed by atoms with van der Waals surface area (Å²) in [5, 5.41) is 0.